The molecule has 0 aliphatic heterocycles. The Balaban J connectivity index is 1.85. The van der Waals surface area contributed by atoms with Crippen LogP contribution in [0.2, 0.25) is 0 Å². The highest BCUT2D eigenvalue weighted by Crippen LogP contribution is 2.11. The standard InChI is InChI=1S/C12H14N4O/c13-12(14)10-2-4-11(5-3-10)17-9-8-16-7-1-6-15-16/h1-7H,8-9H2,(H3,13,14). The third-order valence-electron chi connectivity index (χ3n) is 2.31. The first-order valence-electron chi connectivity index (χ1n) is 5.30. The molecular formula is C12H14N4O. The average Bonchev–Trinajstić information content (AvgIpc) is 2.83. The lowest BCUT2D eigenvalue weighted by Gasteiger charge is -2.06. The monoisotopic (exact) mass is 230 g/mol. The molecule has 0 fully saturated rings. The maximum Gasteiger partial charge on any atom is 0.122 e. The molecule has 88 valence electrons. The lowest BCUT2D eigenvalue weighted by atomic mass is 10.2. The number of aromatic nitrogens is 2. The van der Waals surface area contributed by atoms with Crippen molar-refractivity contribution in [3.05, 3.63) is 48.3 Å². The van der Waals surface area contributed by atoms with E-state index >= 15 is 0 Å². The largest absolute Gasteiger partial charge is 0.492 e. The minimum atomic E-state index is 0.0630. The Morgan fingerprint density at radius 2 is 2.12 bits per heavy atom. The van der Waals surface area contributed by atoms with Gasteiger partial charge in [-0.05, 0) is 30.3 Å². The summed E-state index contributed by atoms with van der Waals surface area (Å²) in [6, 6.07) is 9.03. The summed E-state index contributed by atoms with van der Waals surface area (Å²) in [6.07, 6.45) is 3.63. The Labute approximate surface area is 99.3 Å². The first kappa shape index (κ1) is 11.2. The number of nitrogen functional groups attached to an aromatic ring is 1. The molecule has 0 aliphatic rings. The summed E-state index contributed by atoms with van der Waals surface area (Å²) in [6.45, 7) is 1.27. The Morgan fingerprint density at radius 3 is 2.71 bits per heavy atom. The smallest absolute Gasteiger partial charge is 0.122 e. The summed E-state index contributed by atoms with van der Waals surface area (Å²) < 4.78 is 7.35. The van der Waals surface area contributed by atoms with Crippen LogP contribution < -0.4 is 10.5 Å². The van der Waals surface area contributed by atoms with Crippen LogP contribution in [0.5, 0.6) is 5.75 Å². The molecule has 0 radical (unpaired) electrons. The minimum Gasteiger partial charge on any atom is -0.492 e. The van der Waals surface area contributed by atoms with Crippen molar-refractivity contribution in [2.45, 2.75) is 6.54 Å². The Hall–Kier alpha value is -2.30. The minimum absolute atomic E-state index is 0.0630. The van der Waals surface area contributed by atoms with Crippen LogP contribution in [0, 0.1) is 5.41 Å². The van der Waals surface area contributed by atoms with Crippen LogP contribution >= 0.6 is 0 Å². The van der Waals surface area contributed by atoms with Crippen molar-refractivity contribution in [1.29, 1.82) is 5.41 Å². The van der Waals surface area contributed by atoms with E-state index in [1.165, 1.54) is 0 Å². The summed E-state index contributed by atoms with van der Waals surface area (Å²) in [5.41, 5.74) is 6.06. The zero-order valence-electron chi connectivity index (χ0n) is 9.34. The van der Waals surface area contributed by atoms with E-state index in [2.05, 4.69) is 5.10 Å². The molecule has 5 heteroatoms. The highest BCUT2D eigenvalue weighted by atomic mass is 16.5. The third kappa shape index (κ3) is 3.07. The molecule has 17 heavy (non-hydrogen) atoms. The van der Waals surface area contributed by atoms with Gasteiger partial charge in [0.2, 0.25) is 0 Å². The summed E-state index contributed by atoms with van der Waals surface area (Å²) in [5.74, 6) is 0.829. The quantitative estimate of drug-likeness (QED) is 0.599. The van der Waals surface area contributed by atoms with Crippen molar-refractivity contribution in [1.82, 2.24) is 9.78 Å². The molecule has 0 amide bonds. The second-order valence-electron chi connectivity index (χ2n) is 3.56. The Bertz CT molecular complexity index is 476. The van der Waals surface area contributed by atoms with Crippen molar-refractivity contribution in [3.63, 3.8) is 0 Å². The fourth-order valence-electron chi connectivity index (χ4n) is 1.42. The molecule has 1 heterocycles. The highest BCUT2D eigenvalue weighted by Gasteiger charge is 1.98. The normalized spacial score (nSPS) is 10.1. The van der Waals surface area contributed by atoms with Gasteiger partial charge in [0.1, 0.15) is 18.2 Å². The van der Waals surface area contributed by atoms with E-state index < -0.39 is 0 Å². The van der Waals surface area contributed by atoms with E-state index in [1.54, 1.807) is 30.5 Å². The maximum absolute atomic E-state index is 7.26. The second-order valence-corrected chi connectivity index (χ2v) is 3.56. The molecule has 2 aromatic rings. The summed E-state index contributed by atoms with van der Waals surface area (Å²) in [7, 11) is 0. The molecule has 1 aromatic heterocycles. The molecule has 0 saturated carbocycles. The van der Waals surface area contributed by atoms with Gasteiger partial charge >= 0.3 is 0 Å². The van der Waals surface area contributed by atoms with E-state index in [0.29, 0.717) is 18.7 Å². The molecule has 1 aromatic carbocycles. The number of amidine groups is 1. The lowest BCUT2D eigenvalue weighted by Crippen LogP contribution is -2.11. The van der Waals surface area contributed by atoms with Gasteiger partial charge in [0.05, 0.1) is 6.54 Å². The number of nitrogens with zero attached hydrogens (tertiary/aromatic N) is 2. The molecule has 0 bridgehead atoms. The van der Waals surface area contributed by atoms with Gasteiger partial charge < -0.3 is 10.5 Å². The SMILES string of the molecule is N=C(N)c1ccc(OCCn2cccn2)cc1. The van der Waals surface area contributed by atoms with Gasteiger partial charge in [0.15, 0.2) is 0 Å². The molecule has 0 atom stereocenters. The Morgan fingerprint density at radius 1 is 1.35 bits per heavy atom. The van der Waals surface area contributed by atoms with Crippen molar-refractivity contribution < 1.29 is 4.74 Å². The molecule has 0 saturated heterocycles. The van der Waals surface area contributed by atoms with Gasteiger partial charge in [-0.15, -0.1) is 0 Å². The number of nitrogens with one attached hydrogen (secondary N) is 1. The zero-order valence-corrected chi connectivity index (χ0v) is 9.34. The van der Waals surface area contributed by atoms with Crippen LogP contribution in [0.15, 0.2) is 42.7 Å². The van der Waals surface area contributed by atoms with Gasteiger partial charge in [0.25, 0.3) is 0 Å². The number of rotatable bonds is 5. The van der Waals surface area contributed by atoms with E-state index in [-0.39, 0.29) is 5.84 Å². The molecular weight excluding hydrogens is 216 g/mol. The van der Waals surface area contributed by atoms with Gasteiger partial charge in [-0.25, -0.2) is 0 Å². The van der Waals surface area contributed by atoms with Gasteiger partial charge in [-0.3, -0.25) is 10.1 Å². The molecule has 3 N–H and O–H groups in total. The van der Waals surface area contributed by atoms with Crippen molar-refractivity contribution in [2.75, 3.05) is 6.61 Å². The predicted molar refractivity (Wildman–Crippen MR) is 65.2 cm³/mol. The number of nitrogens with two attached hydrogens (primary N) is 1. The summed E-state index contributed by atoms with van der Waals surface area (Å²) >= 11 is 0. The third-order valence-corrected chi connectivity index (χ3v) is 2.31. The highest BCUT2D eigenvalue weighted by molar-refractivity contribution is 5.94. The van der Waals surface area contributed by atoms with Crippen LogP contribution in [0.4, 0.5) is 0 Å². The molecule has 5 nitrogen and oxygen atoms in total. The molecule has 0 unspecified atom stereocenters. The predicted octanol–water partition coefficient (Wildman–Crippen LogP) is 1.25. The summed E-state index contributed by atoms with van der Waals surface area (Å²) in [5, 5.41) is 11.3. The van der Waals surface area contributed by atoms with Crippen LogP contribution in [0.25, 0.3) is 0 Å². The first-order valence-corrected chi connectivity index (χ1v) is 5.30. The molecule has 0 aliphatic carbocycles. The number of hydrogen-bond donors (Lipinski definition) is 2. The Kier molecular flexibility index (Phi) is 3.40. The van der Waals surface area contributed by atoms with Crippen molar-refractivity contribution in [2.24, 2.45) is 5.73 Å². The van der Waals surface area contributed by atoms with E-state index in [9.17, 15) is 0 Å². The first-order chi connectivity index (χ1) is 8.25. The lowest BCUT2D eigenvalue weighted by molar-refractivity contribution is 0.291. The van der Waals surface area contributed by atoms with E-state index in [0.717, 1.165) is 5.75 Å². The fourth-order valence-corrected chi connectivity index (χ4v) is 1.42. The number of ether oxygens (including phenoxy) is 1. The zero-order chi connectivity index (χ0) is 12.1. The molecule has 2 rings (SSSR count). The van der Waals surface area contributed by atoms with E-state index in [4.69, 9.17) is 15.9 Å². The van der Waals surface area contributed by atoms with Gasteiger partial charge in [-0.1, -0.05) is 0 Å². The average molecular weight is 230 g/mol. The maximum atomic E-state index is 7.26. The summed E-state index contributed by atoms with van der Waals surface area (Å²) in [4.78, 5) is 0. The number of hydrogen-bond acceptors (Lipinski definition) is 3. The van der Waals surface area contributed by atoms with Crippen molar-refractivity contribution >= 4 is 5.84 Å². The molecule has 0 spiro atoms. The van der Waals surface area contributed by atoms with Gasteiger partial charge in [0, 0.05) is 18.0 Å². The van der Waals surface area contributed by atoms with Gasteiger partial charge in [-0.2, -0.15) is 5.10 Å². The topological polar surface area (TPSA) is 76.9 Å². The van der Waals surface area contributed by atoms with Crippen LogP contribution in [-0.2, 0) is 6.54 Å². The second kappa shape index (κ2) is 5.16. The van der Waals surface area contributed by atoms with Crippen LogP contribution in [0.3, 0.4) is 0 Å². The van der Waals surface area contributed by atoms with Crippen molar-refractivity contribution in [3.8, 4) is 5.75 Å². The number of benzene rings is 1. The van der Waals surface area contributed by atoms with E-state index in [1.807, 2.05) is 16.9 Å². The fraction of sp³-hybridized carbons (Fsp3) is 0.167. The van der Waals surface area contributed by atoms with Crippen LogP contribution in [0.1, 0.15) is 5.56 Å². The van der Waals surface area contributed by atoms with Crippen LogP contribution in [-0.4, -0.2) is 22.2 Å².